The maximum Gasteiger partial charge on any atom is 0.303 e. The van der Waals surface area contributed by atoms with E-state index in [9.17, 15) is 9.59 Å². The number of hydrogen-bond acceptors (Lipinski definition) is 3. The van der Waals surface area contributed by atoms with Crippen molar-refractivity contribution in [2.45, 2.75) is 73.1 Å². The van der Waals surface area contributed by atoms with E-state index in [1.54, 1.807) is 0 Å². The highest BCUT2D eigenvalue weighted by Gasteiger charge is 2.22. The second kappa shape index (κ2) is 14.4. The summed E-state index contributed by atoms with van der Waals surface area (Å²) >= 11 is 0. The topological polar surface area (TPSA) is 63.6 Å². The summed E-state index contributed by atoms with van der Waals surface area (Å²) in [5.74, 6) is 0.102. The zero-order valence-corrected chi connectivity index (χ0v) is 13.8. The number of carbonyl (C=O) groups excluding carboxylic acids is 1. The average molecular weight is 288 g/mol. The molecule has 1 aliphatic rings. The number of ether oxygens (including phenoxy) is 1. The third-order valence-corrected chi connectivity index (χ3v) is 3.26. The van der Waals surface area contributed by atoms with Crippen LogP contribution in [0.3, 0.4) is 0 Å². The van der Waals surface area contributed by atoms with E-state index in [4.69, 9.17) is 9.84 Å². The van der Waals surface area contributed by atoms with Crippen molar-refractivity contribution in [1.82, 2.24) is 0 Å². The van der Waals surface area contributed by atoms with Crippen LogP contribution < -0.4 is 0 Å². The van der Waals surface area contributed by atoms with Crippen molar-refractivity contribution in [3.8, 4) is 0 Å². The van der Waals surface area contributed by atoms with Crippen molar-refractivity contribution in [2.75, 3.05) is 6.61 Å². The summed E-state index contributed by atoms with van der Waals surface area (Å²) in [6.45, 7) is 9.96. The zero-order chi connectivity index (χ0) is 16.0. The number of carboxylic acid groups (broad SMARTS) is 1. The molecule has 0 radical (unpaired) electrons. The molecule has 0 aromatic heterocycles. The van der Waals surface area contributed by atoms with Crippen LogP contribution in [0.2, 0.25) is 0 Å². The molecule has 120 valence electrons. The molecule has 0 atom stereocenters. The van der Waals surface area contributed by atoms with Crippen LogP contribution in [0.5, 0.6) is 0 Å². The Labute approximate surface area is 123 Å². The summed E-state index contributed by atoms with van der Waals surface area (Å²) in [4.78, 5) is 21.1. The van der Waals surface area contributed by atoms with Crippen molar-refractivity contribution in [2.24, 2.45) is 11.8 Å². The van der Waals surface area contributed by atoms with Crippen molar-refractivity contribution in [3.63, 3.8) is 0 Å². The van der Waals surface area contributed by atoms with Gasteiger partial charge in [-0.1, -0.05) is 40.5 Å². The van der Waals surface area contributed by atoms with Crippen molar-refractivity contribution in [3.05, 3.63) is 0 Å². The fourth-order valence-corrected chi connectivity index (χ4v) is 2.25. The van der Waals surface area contributed by atoms with Gasteiger partial charge in [0.2, 0.25) is 0 Å². The fourth-order valence-electron chi connectivity index (χ4n) is 2.25. The Morgan fingerprint density at radius 1 is 1.00 bits per heavy atom. The minimum absolute atomic E-state index is 0.215. The molecule has 0 amide bonds. The SMILES string of the molecule is CC.CC.CC(=O)OCC1CCC(CCC(=O)O)CC1. The van der Waals surface area contributed by atoms with Crippen LogP contribution in [0.4, 0.5) is 0 Å². The van der Waals surface area contributed by atoms with E-state index in [1.165, 1.54) is 6.92 Å². The Morgan fingerprint density at radius 2 is 1.45 bits per heavy atom. The molecule has 0 aliphatic heterocycles. The number of hydrogen-bond donors (Lipinski definition) is 1. The molecule has 1 N–H and O–H groups in total. The molecule has 1 fully saturated rings. The Kier molecular flexibility index (Phi) is 15.2. The van der Waals surface area contributed by atoms with Gasteiger partial charge in [0.05, 0.1) is 6.61 Å². The van der Waals surface area contributed by atoms with Gasteiger partial charge in [-0.2, -0.15) is 0 Å². The number of carbonyl (C=O) groups is 2. The van der Waals surface area contributed by atoms with Gasteiger partial charge in [0.25, 0.3) is 0 Å². The molecule has 0 saturated heterocycles. The molecule has 0 spiro atoms. The van der Waals surface area contributed by atoms with Crippen LogP contribution in [0, 0.1) is 11.8 Å². The lowest BCUT2D eigenvalue weighted by Crippen LogP contribution is -2.20. The first kappa shape index (κ1) is 21.2. The zero-order valence-electron chi connectivity index (χ0n) is 13.8. The first-order valence-corrected chi connectivity index (χ1v) is 7.93. The minimum Gasteiger partial charge on any atom is -0.481 e. The Balaban J connectivity index is 0. The minimum atomic E-state index is -0.706. The summed E-state index contributed by atoms with van der Waals surface area (Å²) in [6, 6.07) is 0. The van der Waals surface area contributed by atoms with Crippen LogP contribution in [-0.2, 0) is 14.3 Å². The largest absolute Gasteiger partial charge is 0.481 e. The lowest BCUT2D eigenvalue weighted by Gasteiger charge is -2.27. The molecule has 1 saturated carbocycles. The molecule has 4 heteroatoms. The van der Waals surface area contributed by atoms with Crippen LogP contribution in [0.25, 0.3) is 0 Å². The fraction of sp³-hybridized carbons (Fsp3) is 0.875. The molecule has 20 heavy (non-hydrogen) atoms. The molecule has 0 aromatic carbocycles. The number of rotatable bonds is 5. The third-order valence-electron chi connectivity index (χ3n) is 3.26. The van der Waals surface area contributed by atoms with Gasteiger partial charge in [-0.25, -0.2) is 0 Å². The first-order valence-electron chi connectivity index (χ1n) is 7.93. The number of carboxylic acids is 1. The van der Waals surface area contributed by atoms with Gasteiger partial charge in [0.1, 0.15) is 0 Å². The van der Waals surface area contributed by atoms with E-state index >= 15 is 0 Å². The summed E-state index contributed by atoms with van der Waals surface area (Å²) in [7, 11) is 0. The molecule has 0 heterocycles. The third kappa shape index (κ3) is 12.0. The highest BCUT2D eigenvalue weighted by atomic mass is 16.5. The highest BCUT2D eigenvalue weighted by molar-refractivity contribution is 5.66. The van der Waals surface area contributed by atoms with E-state index in [1.807, 2.05) is 27.7 Å². The summed E-state index contributed by atoms with van der Waals surface area (Å²) in [5, 5.41) is 8.58. The molecular weight excluding hydrogens is 256 g/mol. The lowest BCUT2D eigenvalue weighted by atomic mass is 9.80. The van der Waals surface area contributed by atoms with E-state index in [2.05, 4.69) is 0 Å². The predicted molar refractivity (Wildman–Crippen MR) is 81.6 cm³/mol. The quantitative estimate of drug-likeness (QED) is 0.767. The van der Waals surface area contributed by atoms with E-state index in [0.717, 1.165) is 32.1 Å². The smallest absolute Gasteiger partial charge is 0.303 e. The number of esters is 1. The second-order valence-corrected chi connectivity index (χ2v) is 4.62. The lowest BCUT2D eigenvalue weighted by molar-refractivity contribution is -0.143. The standard InChI is InChI=1S/C12H20O4.2C2H6/c1-9(13)16-8-11-4-2-10(3-5-11)6-7-12(14)15;2*1-2/h10-11H,2-8H2,1H3,(H,14,15);2*1-2H3. The molecule has 0 aromatic rings. The van der Waals surface area contributed by atoms with Gasteiger partial charge in [-0.05, 0) is 31.1 Å². The summed E-state index contributed by atoms with van der Waals surface area (Å²) < 4.78 is 4.98. The van der Waals surface area contributed by atoms with Crippen LogP contribution >= 0.6 is 0 Å². The summed E-state index contributed by atoms with van der Waals surface area (Å²) in [5.41, 5.74) is 0. The molecule has 0 unspecified atom stereocenters. The van der Waals surface area contributed by atoms with Crippen molar-refractivity contribution < 1.29 is 19.4 Å². The van der Waals surface area contributed by atoms with Crippen LogP contribution in [-0.4, -0.2) is 23.7 Å². The molecule has 0 bridgehead atoms. The number of aliphatic carboxylic acids is 1. The maximum absolute atomic E-state index is 10.6. The Morgan fingerprint density at radius 3 is 1.85 bits per heavy atom. The predicted octanol–water partition coefficient (Wildman–Crippen LogP) is 4.27. The van der Waals surface area contributed by atoms with Gasteiger partial charge in [-0.15, -0.1) is 0 Å². The Hall–Kier alpha value is -1.06. The van der Waals surface area contributed by atoms with Crippen molar-refractivity contribution >= 4 is 11.9 Å². The van der Waals surface area contributed by atoms with Gasteiger partial charge in [0.15, 0.2) is 0 Å². The highest BCUT2D eigenvalue weighted by Crippen LogP contribution is 2.31. The average Bonchev–Trinajstić information content (AvgIpc) is 2.48. The van der Waals surface area contributed by atoms with Crippen LogP contribution in [0.1, 0.15) is 73.1 Å². The maximum atomic E-state index is 10.6. The van der Waals surface area contributed by atoms with Gasteiger partial charge in [0, 0.05) is 13.3 Å². The second-order valence-electron chi connectivity index (χ2n) is 4.62. The first-order chi connectivity index (χ1) is 9.58. The van der Waals surface area contributed by atoms with Crippen molar-refractivity contribution in [1.29, 1.82) is 0 Å². The normalized spacial score (nSPS) is 20.6. The van der Waals surface area contributed by atoms with E-state index in [-0.39, 0.29) is 12.4 Å². The van der Waals surface area contributed by atoms with Crippen LogP contribution in [0.15, 0.2) is 0 Å². The van der Waals surface area contributed by atoms with E-state index in [0.29, 0.717) is 18.4 Å². The molecule has 1 aliphatic carbocycles. The molecular formula is C16H32O4. The molecule has 1 rings (SSSR count). The monoisotopic (exact) mass is 288 g/mol. The molecule has 4 nitrogen and oxygen atoms in total. The Bertz CT molecular complexity index is 217. The van der Waals surface area contributed by atoms with E-state index < -0.39 is 5.97 Å². The van der Waals surface area contributed by atoms with Gasteiger partial charge < -0.3 is 9.84 Å². The summed E-state index contributed by atoms with van der Waals surface area (Å²) in [6.07, 6.45) is 5.31. The van der Waals surface area contributed by atoms with Gasteiger partial charge >= 0.3 is 11.9 Å². The van der Waals surface area contributed by atoms with Gasteiger partial charge in [-0.3, -0.25) is 9.59 Å².